The van der Waals surface area contributed by atoms with Crippen LogP contribution in [0.15, 0.2) is 17.5 Å². The van der Waals surface area contributed by atoms with Gasteiger partial charge in [-0.15, -0.1) is 11.3 Å². The van der Waals surface area contributed by atoms with Crippen molar-refractivity contribution in [3.8, 4) is 0 Å². The summed E-state index contributed by atoms with van der Waals surface area (Å²) in [6.07, 6.45) is -0.414. The normalized spacial score (nSPS) is 14.6. The number of amides is 1. The highest BCUT2D eigenvalue weighted by Crippen LogP contribution is 2.17. The summed E-state index contributed by atoms with van der Waals surface area (Å²) in [5, 5.41) is 14.1. The molecule has 1 rings (SSSR count). The average Bonchev–Trinajstić information content (AvgIpc) is 2.67. The lowest BCUT2D eigenvalue weighted by molar-refractivity contribution is -0.122. The van der Waals surface area contributed by atoms with Crippen LogP contribution in [-0.4, -0.2) is 42.2 Å². The molecule has 0 aliphatic rings. The molecule has 0 saturated heterocycles. The van der Waals surface area contributed by atoms with E-state index in [0.717, 1.165) is 4.88 Å². The van der Waals surface area contributed by atoms with Gasteiger partial charge in [0.15, 0.2) is 0 Å². The monoisotopic (exact) mass is 256 g/mol. The molecule has 1 heterocycles. The van der Waals surface area contributed by atoms with E-state index in [4.69, 9.17) is 0 Å². The lowest BCUT2D eigenvalue weighted by Crippen LogP contribution is -2.38. The van der Waals surface area contributed by atoms with Crippen LogP contribution in [0.2, 0.25) is 0 Å². The second-order valence-electron chi connectivity index (χ2n) is 4.35. The van der Waals surface area contributed by atoms with E-state index in [9.17, 15) is 9.90 Å². The molecule has 0 aliphatic heterocycles. The minimum Gasteiger partial charge on any atom is -0.392 e. The molecule has 1 aromatic rings. The molecule has 4 nitrogen and oxygen atoms in total. The van der Waals surface area contributed by atoms with Crippen molar-refractivity contribution in [2.24, 2.45) is 0 Å². The smallest absolute Gasteiger partial charge is 0.234 e. The number of carbonyl (C=O) groups excluding carboxylic acids is 1. The van der Waals surface area contributed by atoms with Gasteiger partial charge in [-0.05, 0) is 32.3 Å². The fraction of sp³-hybridized carbons (Fsp3) is 0.583. The summed E-state index contributed by atoms with van der Waals surface area (Å²) in [5.41, 5.74) is 0. The van der Waals surface area contributed by atoms with Crippen molar-refractivity contribution in [3.05, 3.63) is 22.4 Å². The van der Waals surface area contributed by atoms with E-state index in [-0.39, 0.29) is 11.9 Å². The third-order valence-electron chi connectivity index (χ3n) is 2.34. The Hall–Kier alpha value is -0.910. The number of aliphatic hydroxyl groups is 1. The van der Waals surface area contributed by atoms with Gasteiger partial charge in [0.1, 0.15) is 0 Å². The van der Waals surface area contributed by atoms with E-state index in [2.05, 4.69) is 5.32 Å². The second-order valence-corrected chi connectivity index (χ2v) is 5.33. The van der Waals surface area contributed by atoms with Gasteiger partial charge in [0.2, 0.25) is 5.91 Å². The minimum absolute atomic E-state index is 0.0194. The van der Waals surface area contributed by atoms with E-state index in [1.54, 1.807) is 23.2 Å². The minimum atomic E-state index is -0.414. The van der Waals surface area contributed by atoms with Crippen molar-refractivity contribution in [2.75, 3.05) is 20.1 Å². The fourth-order valence-corrected chi connectivity index (χ4v) is 2.39. The SMILES string of the molecule is CC(O)CN(C)CC(=O)NC(C)c1cccs1. The molecule has 1 aromatic heterocycles. The second kappa shape index (κ2) is 6.74. The fourth-order valence-electron chi connectivity index (χ4n) is 1.66. The van der Waals surface area contributed by atoms with Gasteiger partial charge in [-0.1, -0.05) is 6.07 Å². The van der Waals surface area contributed by atoms with Gasteiger partial charge in [-0.25, -0.2) is 0 Å². The van der Waals surface area contributed by atoms with Crippen LogP contribution in [0, 0.1) is 0 Å². The molecule has 2 atom stereocenters. The van der Waals surface area contributed by atoms with E-state index >= 15 is 0 Å². The number of thiophene rings is 1. The molecule has 0 bridgehead atoms. The van der Waals surface area contributed by atoms with E-state index in [1.807, 2.05) is 31.5 Å². The summed E-state index contributed by atoms with van der Waals surface area (Å²) in [6, 6.07) is 4.03. The molecule has 5 heteroatoms. The molecule has 17 heavy (non-hydrogen) atoms. The Morgan fingerprint density at radius 1 is 1.59 bits per heavy atom. The van der Waals surface area contributed by atoms with Crippen LogP contribution < -0.4 is 5.32 Å². The van der Waals surface area contributed by atoms with Crippen LogP contribution in [-0.2, 0) is 4.79 Å². The zero-order valence-electron chi connectivity index (χ0n) is 10.5. The molecule has 0 aromatic carbocycles. The number of nitrogens with zero attached hydrogens (tertiary/aromatic N) is 1. The number of aliphatic hydroxyl groups excluding tert-OH is 1. The van der Waals surface area contributed by atoms with Crippen LogP contribution in [0.4, 0.5) is 0 Å². The van der Waals surface area contributed by atoms with Gasteiger partial charge in [0, 0.05) is 11.4 Å². The van der Waals surface area contributed by atoms with Crippen molar-refractivity contribution in [2.45, 2.75) is 26.0 Å². The maximum absolute atomic E-state index is 11.7. The summed E-state index contributed by atoms with van der Waals surface area (Å²) in [5.74, 6) is -0.0194. The topological polar surface area (TPSA) is 52.6 Å². The first-order valence-corrected chi connectivity index (χ1v) is 6.56. The third-order valence-corrected chi connectivity index (χ3v) is 3.39. The molecule has 1 amide bonds. The first-order chi connectivity index (χ1) is 7.99. The van der Waals surface area contributed by atoms with E-state index < -0.39 is 6.10 Å². The van der Waals surface area contributed by atoms with Crippen LogP contribution in [0.1, 0.15) is 24.8 Å². The number of rotatable bonds is 6. The Morgan fingerprint density at radius 2 is 2.29 bits per heavy atom. The van der Waals surface area contributed by atoms with E-state index in [1.165, 1.54) is 0 Å². The van der Waals surface area contributed by atoms with Crippen molar-refractivity contribution >= 4 is 17.2 Å². The van der Waals surface area contributed by atoms with Crippen molar-refractivity contribution in [3.63, 3.8) is 0 Å². The van der Waals surface area contributed by atoms with Gasteiger partial charge in [-0.3, -0.25) is 9.69 Å². The highest BCUT2D eigenvalue weighted by Gasteiger charge is 2.12. The van der Waals surface area contributed by atoms with Crippen molar-refractivity contribution in [1.82, 2.24) is 10.2 Å². The molecular weight excluding hydrogens is 236 g/mol. The third kappa shape index (κ3) is 5.30. The molecule has 0 aliphatic carbocycles. The Kier molecular flexibility index (Phi) is 5.61. The zero-order chi connectivity index (χ0) is 12.8. The van der Waals surface area contributed by atoms with Gasteiger partial charge in [-0.2, -0.15) is 0 Å². The maximum atomic E-state index is 11.7. The van der Waals surface area contributed by atoms with Crippen LogP contribution >= 0.6 is 11.3 Å². The highest BCUT2D eigenvalue weighted by molar-refractivity contribution is 7.10. The Morgan fingerprint density at radius 3 is 2.82 bits per heavy atom. The largest absolute Gasteiger partial charge is 0.392 e. The lowest BCUT2D eigenvalue weighted by Gasteiger charge is -2.19. The predicted octanol–water partition coefficient (Wildman–Crippen LogP) is 1.24. The predicted molar refractivity (Wildman–Crippen MR) is 70.1 cm³/mol. The van der Waals surface area contributed by atoms with Gasteiger partial charge < -0.3 is 10.4 Å². The van der Waals surface area contributed by atoms with E-state index in [0.29, 0.717) is 13.1 Å². The molecular formula is C12H20N2O2S. The highest BCUT2D eigenvalue weighted by atomic mass is 32.1. The zero-order valence-corrected chi connectivity index (χ0v) is 11.3. The summed E-state index contributed by atoms with van der Waals surface area (Å²) in [6.45, 7) is 4.49. The van der Waals surface area contributed by atoms with Crippen LogP contribution in [0.5, 0.6) is 0 Å². The number of hydrogen-bond acceptors (Lipinski definition) is 4. The van der Waals surface area contributed by atoms with Gasteiger partial charge in [0.05, 0.1) is 18.7 Å². The summed E-state index contributed by atoms with van der Waals surface area (Å²) in [4.78, 5) is 14.7. The molecule has 0 saturated carbocycles. The summed E-state index contributed by atoms with van der Waals surface area (Å²) in [7, 11) is 1.82. The van der Waals surface area contributed by atoms with Crippen LogP contribution in [0.25, 0.3) is 0 Å². The summed E-state index contributed by atoms with van der Waals surface area (Å²) >= 11 is 1.63. The molecule has 96 valence electrons. The first-order valence-electron chi connectivity index (χ1n) is 5.68. The Labute approximate surface area is 106 Å². The Balaban J connectivity index is 2.34. The maximum Gasteiger partial charge on any atom is 0.234 e. The molecule has 0 spiro atoms. The van der Waals surface area contributed by atoms with Gasteiger partial charge >= 0.3 is 0 Å². The summed E-state index contributed by atoms with van der Waals surface area (Å²) < 4.78 is 0. The molecule has 2 unspecified atom stereocenters. The van der Waals surface area contributed by atoms with Crippen LogP contribution in [0.3, 0.4) is 0 Å². The standard InChI is InChI=1S/C12H20N2O2S/c1-9(15)7-14(3)8-12(16)13-10(2)11-5-4-6-17-11/h4-6,9-10,15H,7-8H2,1-3H3,(H,13,16). The molecule has 2 N–H and O–H groups in total. The molecule has 0 fully saturated rings. The number of carbonyl (C=O) groups is 1. The first kappa shape index (κ1) is 14.2. The number of likely N-dealkylation sites (N-methyl/N-ethyl adjacent to an activating group) is 1. The van der Waals surface area contributed by atoms with Crippen molar-refractivity contribution < 1.29 is 9.90 Å². The quantitative estimate of drug-likeness (QED) is 0.805. The molecule has 0 radical (unpaired) electrons. The lowest BCUT2D eigenvalue weighted by atomic mass is 10.2. The van der Waals surface area contributed by atoms with Gasteiger partial charge in [0.25, 0.3) is 0 Å². The van der Waals surface area contributed by atoms with Crippen molar-refractivity contribution in [1.29, 1.82) is 0 Å². The number of hydrogen-bond donors (Lipinski definition) is 2. The Bertz CT molecular complexity index is 338. The number of nitrogens with one attached hydrogen (secondary N) is 1. The average molecular weight is 256 g/mol.